The van der Waals surface area contributed by atoms with Crippen LogP contribution in [-0.4, -0.2) is 15.4 Å². The Kier molecular flexibility index (Phi) is 2.25. The standard InChI is InChI=1S/C11H12BrN3/c12-8-3-4-15-10(6-13-9-1-2-9)7-14-11(15)5-8/h3-5,7,9,13H,1-2,6H2. The SMILES string of the molecule is Brc1ccn2c(CNC3CC3)cnc2c1. The number of hydrogen-bond donors (Lipinski definition) is 1. The predicted molar refractivity (Wildman–Crippen MR) is 62.8 cm³/mol. The monoisotopic (exact) mass is 265 g/mol. The van der Waals surface area contributed by atoms with Gasteiger partial charge in [-0.2, -0.15) is 0 Å². The average molecular weight is 266 g/mol. The number of imidazole rings is 1. The summed E-state index contributed by atoms with van der Waals surface area (Å²) in [5.74, 6) is 0. The lowest BCUT2D eigenvalue weighted by Crippen LogP contribution is -2.16. The lowest BCUT2D eigenvalue weighted by Gasteiger charge is -2.02. The fourth-order valence-electron chi connectivity index (χ4n) is 1.68. The maximum Gasteiger partial charge on any atom is 0.138 e. The molecule has 0 aromatic carbocycles. The number of nitrogens with zero attached hydrogens (tertiary/aromatic N) is 2. The van der Waals surface area contributed by atoms with Crippen molar-refractivity contribution in [2.75, 3.05) is 0 Å². The summed E-state index contributed by atoms with van der Waals surface area (Å²) >= 11 is 3.44. The van der Waals surface area contributed by atoms with Gasteiger partial charge in [-0.05, 0) is 25.0 Å². The highest BCUT2D eigenvalue weighted by Crippen LogP contribution is 2.20. The normalized spacial score (nSPS) is 16.1. The highest BCUT2D eigenvalue weighted by atomic mass is 79.9. The second-order valence-electron chi connectivity index (χ2n) is 3.98. The molecule has 3 nitrogen and oxygen atoms in total. The quantitative estimate of drug-likeness (QED) is 0.924. The first-order valence-electron chi connectivity index (χ1n) is 5.18. The molecule has 0 saturated heterocycles. The minimum Gasteiger partial charge on any atom is -0.308 e. The summed E-state index contributed by atoms with van der Waals surface area (Å²) < 4.78 is 3.20. The van der Waals surface area contributed by atoms with Gasteiger partial charge < -0.3 is 9.72 Å². The van der Waals surface area contributed by atoms with Crippen LogP contribution in [0.4, 0.5) is 0 Å². The largest absolute Gasteiger partial charge is 0.308 e. The zero-order chi connectivity index (χ0) is 10.3. The van der Waals surface area contributed by atoms with Crippen molar-refractivity contribution in [3.8, 4) is 0 Å². The second kappa shape index (κ2) is 3.61. The van der Waals surface area contributed by atoms with E-state index >= 15 is 0 Å². The van der Waals surface area contributed by atoms with Crippen molar-refractivity contribution in [1.82, 2.24) is 14.7 Å². The Bertz CT molecular complexity index is 488. The van der Waals surface area contributed by atoms with E-state index in [4.69, 9.17) is 0 Å². The molecule has 0 atom stereocenters. The van der Waals surface area contributed by atoms with Crippen LogP contribution >= 0.6 is 15.9 Å². The van der Waals surface area contributed by atoms with Crippen molar-refractivity contribution < 1.29 is 0 Å². The van der Waals surface area contributed by atoms with Crippen LogP contribution in [-0.2, 0) is 6.54 Å². The van der Waals surface area contributed by atoms with Crippen LogP contribution in [0.15, 0.2) is 29.0 Å². The fraction of sp³-hybridized carbons (Fsp3) is 0.364. The van der Waals surface area contributed by atoms with E-state index in [1.807, 2.05) is 18.3 Å². The van der Waals surface area contributed by atoms with E-state index in [1.165, 1.54) is 18.5 Å². The average Bonchev–Trinajstić information content (AvgIpc) is 2.97. The molecule has 1 N–H and O–H groups in total. The van der Waals surface area contributed by atoms with Crippen LogP contribution in [0.2, 0.25) is 0 Å². The minimum absolute atomic E-state index is 0.742. The molecule has 15 heavy (non-hydrogen) atoms. The van der Waals surface area contributed by atoms with Crippen LogP contribution in [0.5, 0.6) is 0 Å². The van der Waals surface area contributed by atoms with Gasteiger partial charge in [-0.15, -0.1) is 0 Å². The fourth-order valence-corrected chi connectivity index (χ4v) is 2.00. The van der Waals surface area contributed by atoms with Gasteiger partial charge in [-0.3, -0.25) is 0 Å². The van der Waals surface area contributed by atoms with Gasteiger partial charge in [0.15, 0.2) is 0 Å². The molecule has 1 aliphatic rings. The third kappa shape index (κ3) is 1.92. The number of pyridine rings is 1. The third-order valence-electron chi connectivity index (χ3n) is 2.70. The zero-order valence-electron chi connectivity index (χ0n) is 8.28. The van der Waals surface area contributed by atoms with Gasteiger partial charge in [0.2, 0.25) is 0 Å². The molecule has 1 saturated carbocycles. The molecule has 2 aromatic heterocycles. The van der Waals surface area contributed by atoms with Gasteiger partial charge in [0.1, 0.15) is 5.65 Å². The Morgan fingerprint density at radius 2 is 2.40 bits per heavy atom. The molecule has 0 aliphatic heterocycles. The van der Waals surface area contributed by atoms with Gasteiger partial charge in [0, 0.05) is 23.3 Å². The second-order valence-corrected chi connectivity index (χ2v) is 4.89. The first kappa shape index (κ1) is 9.36. The van der Waals surface area contributed by atoms with E-state index in [0.717, 1.165) is 22.7 Å². The van der Waals surface area contributed by atoms with Crippen molar-refractivity contribution in [1.29, 1.82) is 0 Å². The minimum atomic E-state index is 0.742. The molecule has 0 bridgehead atoms. The highest BCUT2D eigenvalue weighted by molar-refractivity contribution is 9.10. The summed E-state index contributed by atoms with van der Waals surface area (Å²) in [4.78, 5) is 4.37. The van der Waals surface area contributed by atoms with Crippen molar-refractivity contribution in [3.05, 3.63) is 34.7 Å². The maximum absolute atomic E-state index is 4.37. The van der Waals surface area contributed by atoms with Crippen molar-refractivity contribution >= 4 is 21.6 Å². The molecular formula is C11H12BrN3. The molecule has 0 spiro atoms. The van der Waals surface area contributed by atoms with Crippen molar-refractivity contribution in [2.45, 2.75) is 25.4 Å². The predicted octanol–water partition coefficient (Wildman–Crippen LogP) is 2.35. The van der Waals surface area contributed by atoms with E-state index in [-0.39, 0.29) is 0 Å². The summed E-state index contributed by atoms with van der Waals surface area (Å²) in [5.41, 5.74) is 2.22. The molecule has 0 radical (unpaired) electrons. The van der Waals surface area contributed by atoms with Crippen LogP contribution in [0.25, 0.3) is 5.65 Å². The lowest BCUT2D eigenvalue weighted by atomic mass is 10.4. The number of rotatable bonds is 3. The molecule has 1 aliphatic carbocycles. The van der Waals surface area contributed by atoms with Crippen LogP contribution in [0.3, 0.4) is 0 Å². The van der Waals surface area contributed by atoms with Crippen LogP contribution in [0, 0.1) is 0 Å². The molecule has 0 unspecified atom stereocenters. The lowest BCUT2D eigenvalue weighted by molar-refractivity contribution is 0.670. The molecule has 4 heteroatoms. The van der Waals surface area contributed by atoms with Gasteiger partial charge >= 0.3 is 0 Å². The summed E-state index contributed by atoms with van der Waals surface area (Å²) in [5, 5.41) is 3.49. The Labute approximate surface area is 96.6 Å². The molecule has 2 aromatic rings. The van der Waals surface area contributed by atoms with Gasteiger partial charge in [-0.25, -0.2) is 4.98 Å². The summed E-state index contributed by atoms with van der Waals surface area (Å²) in [6.07, 6.45) is 6.64. The Morgan fingerprint density at radius 1 is 1.53 bits per heavy atom. The number of hydrogen-bond acceptors (Lipinski definition) is 2. The number of halogens is 1. The first-order chi connectivity index (χ1) is 7.33. The Hall–Kier alpha value is -0.870. The van der Waals surface area contributed by atoms with E-state index in [2.05, 4.69) is 36.8 Å². The third-order valence-corrected chi connectivity index (χ3v) is 3.19. The van der Waals surface area contributed by atoms with E-state index in [0.29, 0.717) is 0 Å². The number of nitrogens with one attached hydrogen (secondary N) is 1. The highest BCUT2D eigenvalue weighted by Gasteiger charge is 2.20. The maximum atomic E-state index is 4.37. The van der Waals surface area contributed by atoms with E-state index < -0.39 is 0 Å². The smallest absolute Gasteiger partial charge is 0.138 e. The van der Waals surface area contributed by atoms with E-state index in [1.54, 1.807) is 0 Å². The molecule has 1 fully saturated rings. The topological polar surface area (TPSA) is 29.3 Å². The molecule has 2 heterocycles. The van der Waals surface area contributed by atoms with Gasteiger partial charge in [-0.1, -0.05) is 15.9 Å². The molecular weight excluding hydrogens is 254 g/mol. The van der Waals surface area contributed by atoms with Crippen LogP contribution < -0.4 is 5.32 Å². The van der Waals surface area contributed by atoms with Crippen LogP contribution in [0.1, 0.15) is 18.5 Å². The number of fused-ring (bicyclic) bond motifs is 1. The van der Waals surface area contributed by atoms with Gasteiger partial charge in [0.25, 0.3) is 0 Å². The summed E-state index contributed by atoms with van der Waals surface area (Å²) in [6.45, 7) is 0.910. The first-order valence-corrected chi connectivity index (χ1v) is 5.97. The summed E-state index contributed by atoms with van der Waals surface area (Å²) in [6, 6.07) is 4.81. The Morgan fingerprint density at radius 3 is 3.20 bits per heavy atom. The van der Waals surface area contributed by atoms with Crippen molar-refractivity contribution in [2.24, 2.45) is 0 Å². The molecule has 78 valence electrons. The number of aromatic nitrogens is 2. The molecule has 0 amide bonds. The van der Waals surface area contributed by atoms with E-state index in [9.17, 15) is 0 Å². The summed E-state index contributed by atoms with van der Waals surface area (Å²) in [7, 11) is 0. The zero-order valence-corrected chi connectivity index (χ0v) is 9.87. The molecule has 3 rings (SSSR count). The Balaban J connectivity index is 1.89. The van der Waals surface area contributed by atoms with Gasteiger partial charge in [0.05, 0.1) is 11.9 Å². The van der Waals surface area contributed by atoms with Crippen molar-refractivity contribution in [3.63, 3.8) is 0 Å².